The molecule has 1 unspecified atom stereocenters. The maximum atomic E-state index is 12.6. The number of aryl methyl sites for hydroxylation is 2. The third kappa shape index (κ3) is 5.33. The second-order valence-corrected chi connectivity index (χ2v) is 7.30. The van der Waals surface area contributed by atoms with E-state index in [0.717, 1.165) is 29.1 Å². The van der Waals surface area contributed by atoms with Gasteiger partial charge < -0.3 is 10.6 Å². The molecule has 0 radical (unpaired) electrons. The molecule has 0 bridgehead atoms. The van der Waals surface area contributed by atoms with E-state index in [0.29, 0.717) is 5.92 Å². The zero-order chi connectivity index (χ0) is 19.1. The predicted molar refractivity (Wildman–Crippen MR) is 111 cm³/mol. The molecule has 2 aromatic rings. The Morgan fingerprint density at radius 3 is 2.08 bits per heavy atom. The summed E-state index contributed by atoms with van der Waals surface area (Å²) in [5.41, 5.74) is 4.46. The first-order chi connectivity index (χ1) is 12.5. The normalized spacial score (nSPS) is 12.2. The topological polar surface area (TPSA) is 41.1 Å². The number of anilines is 1. The molecule has 0 heterocycles. The molecule has 2 N–H and O–H groups in total. The van der Waals surface area contributed by atoms with Crippen molar-refractivity contribution in [3.63, 3.8) is 0 Å². The van der Waals surface area contributed by atoms with Crippen molar-refractivity contribution >= 4 is 23.2 Å². The Morgan fingerprint density at radius 1 is 1.00 bits per heavy atom. The number of hydrogen-bond acceptors (Lipinski definition) is 2. The van der Waals surface area contributed by atoms with E-state index in [4.69, 9.17) is 11.6 Å². The molecule has 2 rings (SSSR count). The number of halogens is 1. The van der Waals surface area contributed by atoms with Crippen LogP contribution in [0.25, 0.3) is 0 Å². The lowest BCUT2D eigenvalue weighted by Crippen LogP contribution is -2.34. The molecule has 0 aromatic heterocycles. The minimum absolute atomic E-state index is 0.0137. The number of hydrogen-bond donors (Lipinski definition) is 2. The van der Waals surface area contributed by atoms with E-state index in [9.17, 15) is 4.79 Å². The van der Waals surface area contributed by atoms with Crippen molar-refractivity contribution in [2.45, 2.75) is 46.6 Å². The Morgan fingerprint density at radius 2 is 1.58 bits per heavy atom. The molecule has 4 heteroatoms. The van der Waals surface area contributed by atoms with Gasteiger partial charge in [0.15, 0.2) is 0 Å². The van der Waals surface area contributed by atoms with Crippen LogP contribution in [0.1, 0.15) is 50.4 Å². The minimum Gasteiger partial charge on any atom is -0.324 e. The number of amides is 1. The van der Waals surface area contributed by atoms with Gasteiger partial charge in [0.1, 0.15) is 0 Å². The van der Waals surface area contributed by atoms with Gasteiger partial charge in [-0.25, -0.2) is 0 Å². The van der Waals surface area contributed by atoms with E-state index in [1.165, 1.54) is 11.1 Å². The first-order valence-electron chi connectivity index (χ1n) is 9.35. The molecule has 0 saturated carbocycles. The van der Waals surface area contributed by atoms with Crippen LogP contribution in [-0.4, -0.2) is 12.5 Å². The zero-order valence-electron chi connectivity index (χ0n) is 16.1. The summed E-state index contributed by atoms with van der Waals surface area (Å²) in [5, 5.41) is 7.23. The Kier molecular flexibility index (Phi) is 7.67. The highest BCUT2D eigenvalue weighted by molar-refractivity contribution is 6.30. The van der Waals surface area contributed by atoms with Crippen LogP contribution < -0.4 is 10.6 Å². The highest BCUT2D eigenvalue weighted by atomic mass is 35.5. The highest BCUT2D eigenvalue weighted by Gasteiger charge is 2.17. The van der Waals surface area contributed by atoms with Gasteiger partial charge in [-0.2, -0.15) is 0 Å². The number of carbonyl (C=O) groups excluding carboxylic acids is 1. The molecule has 1 atom stereocenters. The van der Waals surface area contributed by atoms with Crippen LogP contribution in [-0.2, 0) is 17.6 Å². The lowest BCUT2D eigenvalue weighted by Gasteiger charge is -2.23. The van der Waals surface area contributed by atoms with Crippen LogP contribution in [0.15, 0.2) is 42.5 Å². The maximum Gasteiger partial charge on any atom is 0.238 e. The number of benzene rings is 2. The molecule has 26 heavy (non-hydrogen) atoms. The van der Waals surface area contributed by atoms with Gasteiger partial charge in [0.05, 0.1) is 6.54 Å². The molecule has 0 aliphatic heterocycles. The molecule has 3 nitrogen and oxygen atoms in total. The van der Waals surface area contributed by atoms with Gasteiger partial charge in [-0.15, -0.1) is 0 Å². The summed E-state index contributed by atoms with van der Waals surface area (Å²) in [5.74, 6) is 0.346. The van der Waals surface area contributed by atoms with Gasteiger partial charge in [-0.3, -0.25) is 4.79 Å². The molecule has 1 amide bonds. The second-order valence-electron chi connectivity index (χ2n) is 6.86. The van der Waals surface area contributed by atoms with Crippen LogP contribution in [0, 0.1) is 5.92 Å². The number of carbonyl (C=O) groups is 1. The van der Waals surface area contributed by atoms with Gasteiger partial charge in [0.2, 0.25) is 5.91 Å². The third-order valence-electron chi connectivity index (χ3n) is 4.64. The van der Waals surface area contributed by atoms with Crippen LogP contribution in [0.4, 0.5) is 5.69 Å². The minimum atomic E-state index is -0.0137. The first kappa shape index (κ1) is 20.5. The summed E-state index contributed by atoms with van der Waals surface area (Å²) < 4.78 is 0. The van der Waals surface area contributed by atoms with Crippen molar-refractivity contribution in [3.05, 3.63) is 64.2 Å². The van der Waals surface area contributed by atoms with Crippen LogP contribution >= 0.6 is 11.6 Å². The largest absolute Gasteiger partial charge is 0.324 e. The van der Waals surface area contributed by atoms with Crippen molar-refractivity contribution in [1.82, 2.24) is 5.32 Å². The van der Waals surface area contributed by atoms with Gasteiger partial charge in [0, 0.05) is 16.8 Å². The average Bonchev–Trinajstić information content (AvgIpc) is 2.63. The fourth-order valence-electron chi connectivity index (χ4n) is 3.20. The molecule has 2 aromatic carbocycles. The Bertz CT molecular complexity index is 703. The summed E-state index contributed by atoms with van der Waals surface area (Å²) in [6, 6.07) is 14.1. The summed E-state index contributed by atoms with van der Waals surface area (Å²) >= 11 is 5.99. The van der Waals surface area contributed by atoms with Gasteiger partial charge in [-0.05, 0) is 47.6 Å². The van der Waals surface area contributed by atoms with Crippen molar-refractivity contribution in [2.24, 2.45) is 5.92 Å². The van der Waals surface area contributed by atoms with E-state index in [1.54, 1.807) is 0 Å². The van der Waals surface area contributed by atoms with Crippen molar-refractivity contribution < 1.29 is 4.79 Å². The number of nitrogens with one attached hydrogen (secondary N) is 2. The summed E-state index contributed by atoms with van der Waals surface area (Å²) in [6.07, 6.45) is 1.80. The van der Waals surface area contributed by atoms with E-state index >= 15 is 0 Å². The lowest BCUT2D eigenvalue weighted by atomic mass is 9.96. The van der Waals surface area contributed by atoms with E-state index in [1.807, 2.05) is 24.3 Å². The van der Waals surface area contributed by atoms with Crippen molar-refractivity contribution in [2.75, 3.05) is 11.9 Å². The summed E-state index contributed by atoms with van der Waals surface area (Å²) in [6.45, 7) is 8.78. The van der Waals surface area contributed by atoms with Crippen molar-refractivity contribution in [3.8, 4) is 0 Å². The van der Waals surface area contributed by atoms with E-state index < -0.39 is 0 Å². The maximum absolute atomic E-state index is 12.6. The predicted octanol–water partition coefficient (Wildman–Crippen LogP) is 5.39. The Hall–Kier alpha value is -1.84. The molecule has 0 aliphatic carbocycles. The zero-order valence-corrected chi connectivity index (χ0v) is 16.9. The van der Waals surface area contributed by atoms with Crippen LogP contribution in [0.3, 0.4) is 0 Å². The van der Waals surface area contributed by atoms with Crippen LogP contribution in [0.2, 0.25) is 5.02 Å². The quantitative estimate of drug-likeness (QED) is 0.652. The standard InChI is InChI=1S/C22H29ClN2O/c1-5-16-8-7-9-17(6-2)22(16)25-20(26)14-24-21(15(3)4)18-10-12-19(23)13-11-18/h7-13,15,21,24H,5-6,14H2,1-4H3,(H,25,26). The van der Waals surface area contributed by atoms with E-state index in [2.05, 4.69) is 56.5 Å². The average molecular weight is 373 g/mol. The molecular weight excluding hydrogens is 344 g/mol. The monoisotopic (exact) mass is 372 g/mol. The molecule has 140 valence electrons. The number of para-hydroxylation sites is 1. The highest BCUT2D eigenvalue weighted by Crippen LogP contribution is 2.24. The van der Waals surface area contributed by atoms with E-state index in [-0.39, 0.29) is 18.5 Å². The molecular formula is C22H29ClN2O. The van der Waals surface area contributed by atoms with Gasteiger partial charge in [-0.1, -0.05) is 69.6 Å². The second kappa shape index (κ2) is 9.75. The van der Waals surface area contributed by atoms with Gasteiger partial charge in [0.25, 0.3) is 0 Å². The molecule has 0 saturated heterocycles. The lowest BCUT2D eigenvalue weighted by molar-refractivity contribution is -0.115. The number of rotatable bonds is 8. The Balaban J connectivity index is 2.06. The molecule has 0 spiro atoms. The smallest absolute Gasteiger partial charge is 0.238 e. The summed E-state index contributed by atoms with van der Waals surface area (Å²) in [7, 11) is 0. The SMILES string of the molecule is CCc1cccc(CC)c1NC(=O)CNC(c1ccc(Cl)cc1)C(C)C. The van der Waals surface area contributed by atoms with Crippen LogP contribution in [0.5, 0.6) is 0 Å². The third-order valence-corrected chi connectivity index (χ3v) is 4.89. The fourth-order valence-corrected chi connectivity index (χ4v) is 3.32. The first-order valence-corrected chi connectivity index (χ1v) is 9.73. The molecule has 0 aliphatic rings. The summed E-state index contributed by atoms with van der Waals surface area (Å²) in [4.78, 5) is 12.6. The molecule has 0 fully saturated rings. The fraction of sp³-hybridized carbons (Fsp3) is 0.409. The van der Waals surface area contributed by atoms with Gasteiger partial charge >= 0.3 is 0 Å². The Labute approximate surface area is 162 Å². The van der Waals surface area contributed by atoms with Crippen molar-refractivity contribution in [1.29, 1.82) is 0 Å².